The van der Waals surface area contributed by atoms with E-state index in [-0.39, 0.29) is 11.5 Å². The summed E-state index contributed by atoms with van der Waals surface area (Å²) < 4.78 is 15.2. The number of halogens is 1. The highest BCUT2D eigenvalue weighted by Crippen LogP contribution is 2.13. The zero-order valence-electron chi connectivity index (χ0n) is 11.8. The Morgan fingerprint density at radius 1 is 1.48 bits per heavy atom. The van der Waals surface area contributed by atoms with Crippen LogP contribution in [0.3, 0.4) is 0 Å². The van der Waals surface area contributed by atoms with Crippen LogP contribution < -0.4 is 10.6 Å². The van der Waals surface area contributed by atoms with Crippen LogP contribution in [0.5, 0.6) is 0 Å². The average molecular weight is 291 g/mol. The number of rotatable bonds is 7. The van der Waals surface area contributed by atoms with Gasteiger partial charge in [-0.2, -0.15) is 0 Å². The fourth-order valence-corrected chi connectivity index (χ4v) is 1.90. The summed E-state index contributed by atoms with van der Waals surface area (Å²) in [4.78, 5) is 19.9. The van der Waals surface area contributed by atoms with Crippen LogP contribution in [0.15, 0.2) is 31.0 Å². The van der Waals surface area contributed by atoms with Crippen molar-refractivity contribution in [2.24, 2.45) is 0 Å². The van der Waals surface area contributed by atoms with E-state index >= 15 is 0 Å². The second kappa shape index (κ2) is 7.37. The zero-order chi connectivity index (χ0) is 15.1. The van der Waals surface area contributed by atoms with Gasteiger partial charge in [0.2, 0.25) is 0 Å². The van der Waals surface area contributed by atoms with E-state index < -0.39 is 5.82 Å². The van der Waals surface area contributed by atoms with Gasteiger partial charge in [0.1, 0.15) is 11.6 Å². The minimum absolute atomic E-state index is 0.222. The van der Waals surface area contributed by atoms with Crippen LogP contribution in [0.4, 0.5) is 10.2 Å². The van der Waals surface area contributed by atoms with E-state index in [0.717, 1.165) is 19.2 Å². The number of nitrogens with zero attached hydrogens (tertiary/aromatic N) is 3. The molecule has 0 spiro atoms. The number of carbonyl (C=O) groups is 1. The zero-order valence-corrected chi connectivity index (χ0v) is 11.8. The second-order valence-corrected chi connectivity index (χ2v) is 4.49. The van der Waals surface area contributed by atoms with E-state index in [1.165, 1.54) is 6.07 Å². The van der Waals surface area contributed by atoms with E-state index in [2.05, 4.69) is 20.6 Å². The first-order valence-electron chi connectivity index (χ1n) is 6.84. The molecule has 2 rings (SSSR count). The van der Waals surface area contributed by atoms with Crippen molar-refractivity contribution in [3.05, 3.63) is 42.4 Å². The van der Waals surface area contributed by atoms with Crippen LogP contribution in [0.25, 0.3) is 0 Å². The lowest BCUT2D eigenvalue weighted by atomic mass is 10.2. The highest BCUT2D eigenvalue weighted by Gasteiger charge is 2.13. The van der Waals surface area contributed by atoms with Gasteiger partial charge >= 0.3 is 0 Å². The first-order valence-corrected chi connectivity index (χ1v) is 6.84. The quantitative estimate of drug-likeness (QED) is 0.761. The van der Waals surface area contributed by atoms with Crippen molar-refractivity contribution in [2.45, 2.75) is 19.9 Å². The summed E-state index contributed by atoms with van der Waals surface area (Å²) in [6, 6.07) is 1.19. The molecule has 0 aliphatic rings. The Labute approximate surface area is 122 Å². The monoisotopic (exact) mass is 291 g/mol. The molecule has 0 saturated heterocycles. The molecule has 0 unspecified atom stereocenters. The lowest BCUT2D eigenvalue weighted by molar-refractivity contribution is 0.0952. The SMILES string of the molecule is CCNc1ncc(F)cc1C(=O)NCCCn1ccnc1. The first kappa shape index (κ1) is 15.0. The molecule has 2 heterocycles. The molecule has 2 aromatic rings. The highest BCUT2D eigenvalue weighted by atomic mass is 19.1. The molecule has 0 radical (unpaired) electrons. The van der Waals surface area contributed by atoms with Gasteiger partial charge in [-0.25, -0.2) is 14.4 Å². The van der Waals surface area contributed by atoms with Crippen LogP contribution in [0.2, 0.25) is 0 Å². The number of anilines is 1. The van der Waals surface area contributed by atoms with Crippen molar-refractivity contribution >= 4 is 11.7 Å². The molecule has 0 saturated carbocycles. The molecule has 0 atom stereocenters. The lowest BCUT2D eigenvalue weighted by Gasteiger charge is -2.10. The van der Waals surface area contributed by atoms with E-state index in [4.69, 9.17) is 0 Å². The third-order valence-corrected chi connectivity index (χ3v) is 2.88. The number of amides is 1. The van der Waals surface area contributed by atoms with Crippen LogP contribution in [-0.4, -0.2) is 33.5 Å². The summed E-state index contributed by atoms with van der Waals surface area (Å²) in [6.45, 7) is 3.76. The Morgan fingerprint density at radius 2 is 2.33 bits per heavy atom. The number of aromatic nitrogens is 3. The van der Waals surface area contributed by atoms with Gasteiger partial charge in [-0.15, -0.1) is 0 Å². The Morgan fingerprint density at radius 3 is 3.05 bits per heavy atom. The van der Waals surface area contributed by atoms with Crippen molar-refractivity contribution in [1.82, 2.24) is 19.9 Å². The molecule has 7 heteroatoms. The molecule has 0 aromatic carbocycles. The summed E-state index contributed by atoms with van der Waals surface area (Å²) in [6.07, 6.45) is 7.15. The largest absolute Gasteiger partial charge is 0.370 e. The summed E-state index contributed by atoms with van der Waals surface area (Å²) >= 11 is 0. The third-order valence-electron chi connectivity index (χ3n) is 2.88. The van der Waals surface area contributed by atoms with Crippen LogP contribution >= 0.6 is 0 Å². The number of imidazole rings is 1. The molecule has 2 aromatic heterocycles. The average Bonchev–Trinajstić information content (AvgIpc) is 2.99. The molecule has 2 N–H and O–H groups in total. The second-order valence-electron chi connectivity index (χ2n) is 4.49. The molecular formula is C14H18FN5O. The summed E-state index contributed by atoms with van der Waals surface area (Å²) in [5.41, 5.74) is 0.222. The minimum atomic E-state index is -0.528. The smallest absolute Gasteiger partial charge is 0.255 e. The van der Waals surface area contributed by atoms with Crippen molar-refractivity contribution in [3.63, 3.8) is 0 Å². The molecule has 21 heavy (non-hydrogen) atoms. The van der Waals surface area contributed by atoms with E-state index in [1.54, 1.807) is 12.5 Å². The summed E-state index contributed by atoms with van der Waals surface area (Å²) in [7, 11) is 0. The number of carbonyl (C=O) groups excluding carboxylic acids is 1. The van der Waals surface area contributed by atoms with Gasteiger partial charge in [-0.1, -0.05) is 0 Å². The van der Waals surface area contributed by atoms with Gasteiger partial charge in [-0.3, -0.25) is 4.79 Å². The molecular weight excluding hydrogens is 273 g/mol. The number of aryl methyl sites for hydroxylation is 1. The molecule has 112 valence electrons. The van der Waals surface area contributed by atoms with E-state index in [9.17, 15) is 9.18 Å². The summed E-state index contributed by atoms with van der Waals surface area (Å²) in [5, 5.41) is 5.71. The predicted molar refractivity (Wildman–Crippen MR) is 77.5 cm³/mol. The fourth-order valence-electron chi connectivity index (χ4n) is 1.90. The molecule has 0 aliphatic carbocycles. The maximum atomic E-state index is 13.2. The van der Waals surface area contributed by atoms with Gasteiger partial charge in [0.05, 0.1) is 18.1 Å². The Hall–Kier alpha value is -2.44. The Balaban J connectivity index is 1.88. The minimum Gasteiger partial charge on any atom is -0.370 e. The van der Waals surface area contributed by atoms with Gasteiger partial charge in [-0.05, 0) is 19.4 Å². The number of pyridine rings is 1. The summed E-state index contributed by atoms with van der Waals surface area (Å²) in [5.74, 6) is -0.463. The molecule has 0 fully saturated rings. The van der Waals surface area contributed by atoms with Crippen molar-refractivity contribution in [2.75, 3.05) is 18.4 Å². The van der Waals surface area contributed by atoms with E-state index in [1.807, 2.05) is 17.7 Å². The normalized spacial score (nSPS) is 10.4. The topological polar surface area (TPSA) is 71.8 Å². The maximum absolute atomic E-state index is 13.2. The van der Waals surface area contributed by atoms with Gasteiger partial charge in [0.15, 0.2) is 0 Å². The molecule has 0 bridgehead atoms. The van der Waals surface area contributed by atoms with Crippen LogP contribution in [0.1, 0.15) is 23.7 Å². The standard InChI is InChI=1S/C14H18FN5O/c1-2-17-13-12(8-11(15)9-19-13)14(21)18-4-3-6-20-7-5-16-10-20/h5,7-10H,2-4,6H2,1H3,(H,17,19)(H,18,21). The van der Waals surface area contributed by atoms with Gasteiger partial charge in [0.25, 0.3) is 5.91 Å². The Kier molecular flexibility index (Phi) is 5.25. The predicted octanol–water partition coefficient (Wildman–Crippen LogP) is 1.67. The van der Waals surface area contributed by atoms with Crippen LogP contribution in [0, 0.1) is 5.82 Å². The number of nitrogens with one attached hydrogen (secondary N) is 2. The molecule has 1 amide bonds. The van der Waals surface area contributed by atoms with Crippen molar-refractivity contribution < 1.29 is 9.18 Å². The molecule has 0 aliphatic heterocycles. The number of hydrogen-bond donors (Lipinski definition) is 2. The van der Waals surface area contributed by atoms with Gasteiger partial charge < -0.3 is 15.2 Å². The van der Waals surface area contributed by atoms with Crippen molar-refractivity contribution in [3.8, 4) is 0 Å². The Bertz CT molecular complexity index is 585. The van der Waals surface area contributed by atoms with E-state index in [0.29, 0.717) is 18.9 Å². The van der Waals surface area contributed by atoms with Crippen molar-refractivity contribution in [1.29, 1.82) is 0 Å². The molecule has 6 nitrogen and oxygen atoms in total. The maximum Gasteiger partial charge on any atom is 0.255 e. The van der Waals surface area contributed by atoms with Crippen LogP contribution in [-0.2, 0) is 6.54 Å². The first-order chi connectivity index (χ1) is 10.2. The fraction of sp³-hybridized carbons (Fsp3) is 0.357. The highest BCUT2D eigenvalue weighted by molar-refractivity contribution is 5.98. The lowest BCUT2D eigenvalue weighted by Crippen LogP contribution is -2.26. The van der Waals surface area contributed by atoms with Gasteiger partial charge in [0, 0.05) is 32.0 Å². The number of hydrogen-bond acceptors (Lipinski definition) is 4. The third kappa shape index (κ3) is 4.27.